The fraction of sp³-hybridized carbons (Fsp3) is 0.0606. The number of nitrogens with zero attached hydrogens (tertiary/aromatic N) is 1. The van der Waals surface area contributed by atoms with Gasteiger partial charge in [-0.3, -0.25) is 0 Å². The molecule has 1 aliphatic carbocycles. The van der Waals surface area contributed by atoms with Gasteiger partial charge in [0.05, 0.1) is 5.69 Å². The lowest BCUT2D eigenvalue weighted by Crippen LogP contribution is -2.11. The van der Waals surface area contributed by atoms with E-state index < -0.39 is 0 Å². The van der Waals surface area contributed by atoms with Crippen LogP contribution in [0.5, 0.6) is 0 Å². The van der Waals surface area contributed by atoms with E-state index in [1.54, 1.807) is 0 Å². The first-order chi connectivity index (χ1) is 33.4. The van der Waals surface area contributed by atoms with E-state index in [2.05, 4.69) is 256 Å². The third-order valence-corrected chi connectivity index (χ3v) is 14.2. The van der Waals surface area contributed by atoms with Crippen LogP contribution >= 0.6 is 0 Å². The number of hydrogen-bond acceptors (Lipinski definition) is 2. The van der Waals surface area contributed by atoms with E-state index in [1.807, 2.05) is 0 Å². The average Bonchev–Trinajstić information content (AvgIpc) is 3.77. The maximum Gasteiger partial charge on any atom is 0.159 e. The van der Waals surface area contributed by atoms with E-state index >= 15 is 0 Å². The van der Waals surface area contributed by atoms with Crippen molar-refractivity contribution in [3.8, 4) is 66.8 Å². The minimum Gasteiger partial charge on any atom is -0.454 e. The molecule has 68 heavy (non-hydrogen) atoms. The number of rotatable bonds is 5. The number of fused-ring (bicyclic) bond motifs is 13. The average molecular weight is 870 g/mol. The van der Waals surface area contributed by atoms with Crippen LogP contribution in [0.15, 0.2) is 235 Å². The molecule has 2 heteroatoms. The molecule has 1 aromatic heterocycles. The van der Waals surface area contributed by atoms with Crippen molar-refractivity contribution >= 4 is 60.5 Å². The van der Waals surface area contributed by atoms with Crippen LogP contribution in [0.3, 0.4) is 0 Å². The lowest BCUT2D eigenvalue weighted by Gasteiger charge is -2.26. The highest BCUT2D eigenvalue weighted by Crippen LogP contribution is 2.51. The van der Waals surface area contributed by atoms with Crippen molar-refractivity contribution < 1.29 is 4.42 Å². The molecule has 1 aliphatic rings. The molecule has 0 aliphatic heterocycles. The molecular formula is C66H47NO. The molecule has 0 amide bonds. The molecular weight excluding hydrogens is 823 g/mol. The maximum absolute atomic E-state index is 6.95. The molecule has 0 unspecified atom stereocenters. The first kappa shape index (κ1) is 39.9. The highest BCUT2D eigenvalue weighted by Gasteiger charge is 2.26. The first-order valence-electron chi connectivity index (χ1n) is 23.7. The molecule has 0 saturated carbocycles. The number of para-hydroxylation sites is 3. The largest absolute Gasteiger partial charge is 0.454 e. The van der Waals surface area contributed by atoms with Gasteiger partial charge in [0.25, 0.3) is 0 Å². The van der Waals surface area contributed by atoms with Gasteiger partial charge in [-0.25, -0.2) is 0 Å². The van der Waals surface area contributed by atoms with Crippen LogP contribution in [-0.2, 0) is 5.41 Å². The Bertz CT molecular complexity index is 3880. The minimum atomic E-state index is -0.0683. The third-order valence-electron chi connectivity index (χ3n) is 14.2. The quantitative estimate of drug-likeness (QED) is 0.160. The molecule has 0 N–H and O–H groups in total. The second-order valence-electron chi connectivity index (χ2n) is 19.1. The third kappa shape index (κ3) is 6.25. The summed E-state index contributed by atoms with van der Waals surface area (Å²) in [6, 6.07) is 84.6. The first-order valence-corrected chi connectivity index (χ1v) is 23.7. The van der Waals surface area contributed by atoms with Gasteiger partial charge >= 0.3 is 0 Å². The second kappa shape index (κ2) is 15.6. The number of anilines is 3. The summed E-state index contributed by atoms with van der Waals surface area (Å²) in [6.45, 7) is 6.75. The van der Waals surface area contributed by atoms with Gasteiger partial charge in [0, 0.05) is 27.7 Å². The second-order valence-corrected chi connectivity index (χ2v) is 19.1. The van der Waals surface area contributed by atoms with Crippen molar-refractivity contribution in [2.45, 2.75) is 26.2 Å². The Kier molecular flexibility index (Phi) is 9.13. The van der Waals surface area contributed by atoms with Crippen molar-refractivity contribution in [2.24, 2.45) is 0 Å². The monoisotopic (exact) mass is 869 g/mol. The van der Waals surface area contributed by atoms with E-state index in [9.17, 15) is 0 Å². The van der Waals surface area contributed by atoms with Crippen molar-refractivity contribution in [2.75, 3.05) is 4.90 Å². The van der Waals surface area contributed by atoms with Gasteiger partial charge in [-0.1, -0.05) is 215 Å². The summed E-state index contributed by atoms with van der Waals surface area (Å²) >= 11 is 0. The normalized spacial score (nSPS) is 12.0. The van der Waals surface area contributed by atoms with Gasteiger partial charge in [0.1, 0.15) is 5.58 Å². The Morgan fingerprint density at radius 1 is 0.309 bits per heavy atom. The summed E-state index contributed by atoms with van der Waals surface area (Å²) in [7, 11) is 0. The molecule has 0 fully saturated rings. The fourth-order valence-electron chi connectivity index (χ4n) is 11.1. The molecule has 322 valence electrons. The molecule has 0 bridgehead atoms. The summed E-state index contributed by atoms with van der Waals surface area (Å²) in [6.07, 6.45) is 0. The predicted molar refractivity (Wildman–Crippen MR) is 288 cm³/mol. The SMILES string of the molecule is CC(C)(C)c1cccc2c1oc1c(N(c3ccccc3)c3ccc(-c4c5ccccc5c(-c5ccc6c(c5)-c5ccccc5-c5ccccc5-c5ccccc5-6)c5ccccc45)cc3)cccc12. The van der Waals surface area contributed by atoms with Crippen LogP contribution in [0, 0.1) is 0 Å². The summed E-state index contributed by atoms with van der Waals surface area (Å²) in [5.41, 5.74) is 20.9. The molecule has 13 rings (SSSR count). The molecule has 2 nitrogen and oxygen atoms in total. The molecule has 0 radical (unpaired) electrons. The Morgan fingerprint density at radius 3 is 1.24 bits per heavy atom. The van der Waals surface area contributed by atoms with E-state index in [0.29, 0.717) is 0 Å². The zero-order valence-electron chi connectivity index (χ0n) is 38.3. The Labute approximate surface area is 397 Å². The van der Waals surface area contributed by atoms with Gasteiger partial charge < -0.3 is 9.32 Å². The van der Waals surface area contributed by atoms with Gasteiger partial charge in [0.15, 0.2) is 5.58 Å². The summed E-state index contributed by atoms with van der Waals surface area (Å²) in [4.78, 5) is 2.33. The van der Waals surface area contributed by atoms with E-state index in [-0.39, 0.29) is 5.41 Å². The Balaban J connectivity index is 0.983. The van der Waals surface area contributed by atoms with Crippen LogP contribution in [0.4, 0.5) is 17.1 Å². The number of furan rings is 1. The highest BCUT2D eigenvalue weighted by atomic mass is 16.3. The van der Waals surface area contributed by atoms with Gasteiger partial charge in [-0.2, -0.15) is 0 Å². The fourth-order valence-corrected chi connectivity index (χ4v) is 11.1. The van der Waals surface area contributed by atoms with Crippen LogP contribution in [0.1, 0.15) is 26.3 Å². The van der Waals surface area contributed by atoms with Gasteiger partial charge in [-0.05, 0) is 130 Å². The summed E-state index contributed by atoms with van der Waals surface area (Å²) in [5.74, 6) is 0. The summed E-state index contributed by atoms with van der Waals surface area (Å²) < 4.78 is 6.95. The van der Waals surface area contributed by atoms with Crippen molar-refractivity contribution in [1.82, 2.24) is 0 Å². The van der Waals surface area contributed by atoms with Gasteiger partial charge in [0.2, 0.25) is 0 Å². The maximum atomic E-state index is 6.95. The van der Waals surface area contributed by atoms with Crippen molar-refractivity contribution in [3.63, 3.8) is 0 Å². The molecule has 0 spiro atoms. The Hall–Kier alpha value is -8.46. The zero-order chi connectivity index (χ0) is 45.5. The molecule has 0 saturated heterocycles. The number of benzene rings is 11. The van der Waals surface area contributed by atoms with Crippen LogP contribution in [0.25, 0.3) is 110 Å². The predicted octanol–water partition coefficient (Wildman–Crippen LogP) is 19.0. The van der Waals surface area contributed by atoms with Crippen molar-refractivity contribution in [3.05, 3.63) is 236 Å². The highest BCUT2D eigenvalue weighted by molar-refractivity contribution is 6.22. The summed E-state index contributed by atoms with van der Waals surface area (Å²) in [5, 5.41) is 7.16. The van der Waals surface area contributed by atoms with Crippen LogP contribution in [0.2, 0.25) is 0 Å². The Morgan fingerprint density at radius 2 is 0.706 bits per heavy atom. The van der Waals surface area contributed by atoms with Crippen LogP contribution < -0.4 is 4.90 Å². The van der Waals surface area contributed by atoms with Crippen molar-refractivity contribution in [1.29, 1.82) is 0 Å². The topological polar surface area (TPSA) is 16.4 Å². The lowest BCUT2D eigenvalue weighted by atomic mass is 9.79. The minimum absolute atomic E-state index is 0.0683. The molecule has 0 atom stereocenters. The standard InChI is InChI=1S/C66H47NO/c1-66(2,3)60-33-17-31-57-58-32-18-34-61(65(58)68-64(57)60)67(44-19-5-4-6-20-44)45-38-35-42(36-39-45)62-53-27-13-15-29-55(53)63(56-30-16-14-28-54(56)62)43-37-40-52-50-25-10-9-23-48(50)46-21-7-8-22-47(46)49-24-11-12-26-51(49)59(52)41-43/h4-41H,1-3H3. The molecule has 11 aromatic carbocycles. The zero-order valence-corrected chi connectivity index (χ0v) is 38.3. The van der Waals surface area contributed by atoms with E-state index in [1.165, 1.54) is 93.9 Å². The molecule has 12 aromatic rings. The lowest BCUT2D eigenvalue weighted by molar-refractivity contribution is 0.573. The van der Waals surface area contributed by atoms with E-state index in [4.69, 9.17) is 4.42 Å². The van der Waals surface area contributed by atoms with Crippen LogP contribution in [-0.4, -0.2) is 0 Å². The van der Waals surface area contributed by atoms with Gasteiger partial charge in [-0.15, -0.1) is 0 Å². The van der Waals surface area contributed by atoms with E-state index in [0.717, 1.165) is 39.0 Å². The smallest absolute Gasteiger partial charge is 0.159 e. The number of hydrogen-bond donors (Lipinski definition) is 0. The molecule has 1 heterocycles.